The number of aryl methyl sites for hydroxylation is 2. The van der Waals surface area contributed by atoms with Crippen LogP contribution >= 0.6 is 0 Å². The van der Waals surface area contributed by atoms with Gasteiger partial charge >= 0.3 is 0 Å². The summed E-state index contributed by atoms with van der Waals surface area (Å²) in [6.45, 7) is 3.61. The van der Waals surface area contributed by atoms with Crippen molar-refractivity contribution in [2.45, 2.75) is 13.8 Å². The van der Waals surface area contributed by atoms with Gasteiger partial charge < -0.3 is 5.32 Å². The van der Waals surface area contributed by atoms with Crippen LogP contribution in [0.5, 0.6) is 0 Å². The average Bonchev–Trinajstić information content (AvgIpc) is 2.42. The highest BCUT2D eigenvalue weighted by Crippen LogP contribution is 2.20. The number of pyridine rings is 1. The fourth-order valence-electron chi connectivity index (χ4n) is 1.88. The van der Waals surface area contributed by atoms with E-state index in [0.717, 1.165) is 17.4 Å². The van der Waals surface area contributed by atoms with Gasteiger partial charge in [0.05, 0.1) is 11.9 Å². The second-order valence-corrected chi connectivity index (χ2v) is 6.80. The molecular weight excluding hydrogens is 302 g/mol. The van der Waals surface area contributed by atoms with Gasteiger partial charge in [-0.3, -0.25) is 14.5 Å². The summed E-state index contributed by atoms with van der Waals surface area (Å²) < 4.78 is 25.1. The van der Waals surface area contributed by atoms with Crippen molar-refractivity contribution >= 4 is 27.3 Å². The van der Waals surface area contributed by atoms with Crippen molar-refractivity contribution in [2.24, 2.45) is 0 Å². The third-order valence-corrected chi connectivity index (χ3v) is 3.65. The highest BCUT2D eigenvalue weighted by Gasteiger charge is 2.11. The molecule has 22 heavy (non-hydrogen) atoms. The molecule has 0 bridgehead atoms. The Morgan fingerprint density at radius 2 is 1.82 bits per heavy atom. The first-order valence-corrected chi connectivity index (χ1v) is 8.46. The molecule has 0 radical (unpaired) electrons. The Kier molecular flexibility index (Phi) is 4.46. The molecule has 1 aromatic heterocycles. The number of nitrogens with zero attached hydrogens (tertiary/aromatic N) is 1. The van der Waals surface area contributed by atoms with Gasteiger partial charge in [0.2, 0.25) is 10.0 Å². The minimum atomic E-state index is -3.40. The Labute approximate surface area is 129 Å². The largest absolute Gasteiger partial charge is 0.322 e. The summed E-state index contributed by atoms with van der Waals surface area (Å²) in [4.78, 5) is 16.2. The third kappa shape index (κ3) is 4.05. The quantitative estimate of drug-likeness (QED) is 0.905. The number of rotatable bonds is 4. The summed E-state index contributed by atoms with van der Waals surface area (Å²) in [7, 11) is -3.40. The predicted octanol–water partition coefficient (Wildman–Crippen LogP) is 2.32. The minimum Gasteiger partial charge on any atom is -0.322 e. The number of aromatic nitrogens is 1. The lowest BCUT2D eigenvalue weighted by molar-refractivity contribution is 0.102. The molecule has 1 heterocycles. The van der Waals surface area contributed by atoms with Crippen molar-refractivity contribution in [3.05, 3.63) is 53.3 Å². The molecule has 2 N–H and O–H groups in total. The number of carbonyl (C=O) groups excluding carboxylic acids is 1. The van der Waals surface area contributed by atoms with Gasteiger partial charge in [-0.2, -0.15) is 0 Å². The molecule has 1 aromatic carbocycles. The van der Waals surface area contributed by atoms with Crippen LogP contribution in [0.15, 0.2) is 36.7 Å². The van der Waals surface area contributed by atoms with Gasteiger partial charge in [0, 0.05) is 23.6 Å². The van der Waals surface area contributed by atoms with Crippen LogP contribution in [0.1, 0.15) is 21.5 Å². The maximum Gasteiger partial charge on any atom is 0.255 e. The molecule has 2 aromatic rings. The van der Waals surface area contributed by atoms with Crippen LogP contribution in [0.2, 0.25) is 0 Å². The fraction of sp³-hybridized carbons (Fsp3) is 0.200. The van der Waals surface area contributed by atoms with Gasteiger partial charge in [0.25, 0.3) is 5.91 Å². The smallest absolute Gasteiger partial charge is 0.255 e. The van der Waals surface area contributed by atoms with Crippen molar-refractivity contribution in [3.63, 3.8) is 0 Å². The number of hydrogen-bond acceptors (Lipinski definition) is 4. The van der Waals surface area contributed by atoms with Gasteiger partial charge in [0.15, 0.2) is 0 Å². The van der Waals surface area contributed by atoms with Crippen molar-refractivity contribution in [1.82, 2.24) is 4.98 Å². The van der Waals surface area contributed by atoms with E-state index < -0.39 is 10.0 Å². The topological polar surface area (TPSA) is 88.2 Å². The summed E-state index contributed by atoms with van der Waals surface area (Å²) in [5, 5.41) is 2.78. The van der Waals surface area contributed by atoms with Crippen LogP contribution in [-0.4, -0.2) is 25.6 Å². The first kappa shape index (κ1) is 16.0. The van der Waals surface area contributed by atoms with Crippen LogP contribution in [0, 0.1) is 13.8 Å². The third-order valence-electron chi connectivity index (χ3n) is 3.06. The summed E-state index contributed by atoms with van der Waals surface area (Å²) in [5.74, 6) is -0.314. The highest BCUT2D eigenvalue weighted by molar-refractivity contribution is 7.92. The molecule has 0 fully saturated rings. The maximum absolute atomic E-state index is 12.3. The molecule has 0 atom stereocenters. The van der Waals surface area contributed by atoms with E-state index in [0.29, 0.717) is 16.9 Å². The number of hydrogen-bond donors (Lipinski definition) is 2. The van der Waals surface area contributed by atoms with E-state index in [9.17, 15) is 13.2 Å². The Hall–Kier alpha value is -2.41. The second kappa shape index (κ2) is 6.15. The van der Waals surface area contributed by atoms with Gasteiger partial charge in [-0.25, -0.2) is 8.42 Å². The van der Waals surface area contributed by atoms with Crippen LogP contribution in [-0.2, 0) is 10.0 Å². The van der Waals surface area contributed by atoms with E-state index in [2.05, 4.69) is 15.0 Å². The van der Waals surface area contributed by atoms with Crippen molar-refractivity contribution < 1.29 is 13.2 Å². The monoisotopic (exact) mass is 319 g/mol. The zero-order chi connectivity index (χ0) is 16.3. The molecule has 0 spiro atoms. The number of nitrogens with one attached hydrogen (secondary N) is 2. The lowest BCUT2D eigenvalue weighted by Crippen LogP contribution is -2.15. The SMILES string of the molecule is Cc1cnccc1NC(=O)c1ccc(C)c(NS(C)(=O)=O)c1. The van der Waals surface area contributed by atoms with E-state index in [4.69, 9.17) is 0 Å². The lowest BCUT2D eigenvalue weighted by atomic mass is 10.1. The Morgan fingerprint density at radius 1 is 1.09 bits per heavy atom. The molecule has 116 valence electrons. The summed E-state index contributed by atoms with van der Waals surface area (Å²) in [5.41, 5.74) is 3.01. The van der Waals surface area contributed by atoms with Crippen LogP contribution in [0.3, 0.4) is 0 Å². The van der Waals surface area contributed by atoms with Crippen LogP contribution in [0.25, 0.3) is 0 Å². The zero-order valence-corrected chi connectivity index (χ0v) is 13.4. The van der Waals surface area contributed by atoms with Crippen molar-refractivity contribution in [3.8, 4) is 0 Å². The Morgan fingerprint density at radius 3 is 2.45 bits per heavy atom. The van der Waals surface area contributed by atoms with Gasteiger partial charge in [-0.1, -0.05) is 6.07 Å². The second-order valence-electron chi connectivity index (χ2n) is 5.05. The van der Waals surface area contributed by atoms with E-state index in [-0.39, 0.29) is 5.91 Å². The highest BCUT2D eigenvalue weighted by atomic mass is 32.2. The summed E-state index contributed by atoms with van der Waals surface area (Å²) in [6, 6.07) is 6.57. The van der Waals surface area contributed by atoms with E-state index >= 15 is 0 Å². The van der Waals surface area contributed by atoms with E-state index in [1.54, 1.807) is 37.5 Å². The average molecular weight is 319 g/mol. The Bertz CT molecular complexity index is 817. The molecule has 2 rings (SSSR count). The molecule has 1 amide bonds. The normalized spacial score (nSPS) is 11.0. The molecule has 7 heteroatoms. The molecule has 0 saturated carbocycles. The molecule has 0 aliphatic heterocycles. The first-order valence-electron chi connectivity index (χ1n) is 6.56. The zero-order valence-electron chi connectivity index (χ0n) is 12.5. The number of amides is 1. The summed E-state index contributed by atoms with van der Waals surface area (Å²) in [6.07, 6.45) is 4.31. The van der Waals surface area contributed by atoms with Crippen LogP contribution in [0.4, 0.5) is 11.4 Å². The summed E-state index contributed by atoms with van der Waals surface area (Å²) >= 11 is 0. The van der Waals surface area contributed by atoms with E-state index in [1.807, 2.05) is 6.92 Å². The van der Waals surface area contributed by atoms with E-state index in [1.165, 1.54) is 6.07 Å². The number of carbonyl (C=O) groups is 1. The van der Waals surface area contributed by atoms with Crippen molar-refractivity contribution in [2.75, 3.05) is 16.3 Å². The van der Waals surface area contributed by atoms with Crippen LogP contribution < -0.4 is 10.0 Å². The lowest BCUT2D eigenvalue weighted by Gasteiger charge is -2.11. The predicted molar refractivity (Wildman–Crippen MR) is 86.6 cm³/mol. The van der Waals surface area contributed by atoms with Gasteiger partial charge in [-0.15, -0.1) is 0 Å². The standard InChI is InChI=1S/C15H17N3O3S/c1-10-4-5-12(8-14(10)18-22(3,20)21)15(19)17-13-6-7-16-9-11(13)2/h4-9,18H,1-3H3,(H,16,17,19). The first-order chi connectivity index (χ1) is 10.3. The fourth-order valence-corrected chi connectivity index (χ4v) is 2.50. The molecule has 6 nitrogen and oxygen atoms in total. The molecular formula is C15H17N3O3S. The molecule has 0 aliphatic rings. The van der Waals surface area contributed by atoms with Crippen molar-refractivity contribution in [1.29, 1.82) is 0 Å². The minimum absolute atomic E-state index is 0.314. The molecule has 0 unspecified atom stereocenters. The van der Waals surface area contributed by atoms with Gasteiger partial charge in [-0.05, 0) is 43.2 Å². The molecule has 0 aliphatic carbocycles. The number of benzene rings is 1. The number of sulfonamides is 1. The Balaban J connectivity index is 2.27. The maximum atomic E-state index is 12.3. The molecule has 0 saturated heterocycles. The number of anilines is 2. The van der Waals surface area contributed by atoms with Gasteiger partial charge in [0.1, 0.15) is 0 Å².